The van der Waals surface area contributed by atoms with Crippen molar-refractivity contribution in [1.29, 1.82) is 0 Å². The van der Waals surface area contributed by atoms with Gasteiger partial charge >= 0.3 is 5.97 Å². The number of amides is 1. The third-order valence-corrected chi connectivity index (χ3v) is 3.44. The van der Waals surface area contributed by atoms with Gasteiger partial charge in [0.1, 0.15) is 5.38 Å². The van der Waals surface area contributed by atoms with Gasteiger partial charge in [0.05, 0.1) is 12.2 Å². The lowest BCUT2D eigenvalue weighted by atomic mass is 10.1. The summed E-state index contributed by atoms with van der Waals surface area (Å²) in [5.41, 5.74) is 1.73. The highest BCUT2D eigenvalue weighted by atomic mass is 35.5. The minimum Gasteiger partial charge on any atom is -0.462 e. The third kappa shape index (κ3) is 4.09. The Bertz CT molecular complexity index is 641. The second-order valence-corrected chi connectivity index (χ2v) is 5.00. The van der Waals surface area contributed by atoms with Gasteiger partial charge in [-0.15, -0.1) is 11.6 Å². The van der Waals surface area contributed by atoms with E-state index in [1.165, 1.54) is 0 Å². The lowest BCUT2D eigenvalue weighted by Crippen LogP contribution is -2.17. The van der Waals surface area contributed by atoms with E-state index in [0.717, 1.165) is 5.56 Å². The van der Waals surface area contributed by atoms with Crippen molar-refractivity contribution in [2.75, 3.05) is 11.9 Å². The van der Waals surface area contributed by atoms with E-state index in [1.54, 1.807) is 43.3 Å². The summed E-state index contributed by atoms with van der Waals surface area (Å²) in [7, 11) is 0. The van der Waals surface area contributed by atoms with E-state index in [9.17, 15) is 9.59 Å². The Morgan fingerprint density at radius 1 is 1.09 bits per heavy atom. The Hall–Kier alpha value is -2.33. The van der Waals surface area contributed by atoms with Crippen LogP contribution in [0.2, 0.25) is 0 Å². The summed E-state index contributed by atoms with van der Waals surface area (Å²) < 4.78 is 4.90. The number of ether oxygens (including phenoxy) is 1. The SMILES string of the molecule is CCOC(=O)c1ccc(NC(=O)[C@H](Cl)c2ccccc2)cc1. The van der Waals surface area contributed by atoms with Crippen LogP contribution in [0.15, 0.2) is 54.6 Å². The van der Waals surface area contributed by atoms with Gasteiger partial charge < -0.3 is 10.1 Å². The maximum Gasteiger partial charge on any atom is 0.338 e. The molecule has 2 aromatic carbocycles. The van der Waals surface area contributed by atoms with E-state index in [2.05, 4.69) is 5.32 Å². The molecule has 2 rings (SSSR count). The van der Waals surface area contributed by atoms with Crippen LogP contribution < -0.4 is 5.32 Å². The number of alkyl halides is 1. The molecule has 1 N–H and O–H groups in total. The van der Waals surface area contributed by atoms with E-state index in [1.807, 2.05) is 18.2 Å². The van der Waals surface area contributed by atoms with Crippen molar-refractivity contribution >= 4 is 29.2 Å². The van der Waals surface area contributed by atoms with Gasteiger partial charge in [-0.3, -0.25) is 4.79 Å². The van der Waals surface area contributed by atoms with Gasteiger partial charge in [0.15, 0.2) is 0 Å². The first-order valence-corrected chi connectivity index (χ1v) is 7.32. The van der Waals surface area contributed by atoms with Gasteiger partial charge in [-0.1, -0.05) is 30.3 Å². The molecular weight excluding hydrogens is 302 g/mol. The van der Waals surface area contributed by atoms with Crippen molar-refractivity contribution in [3.63, 3.8) is 0 Å². The molecule has 0 radical (unpaired) electrons. The fourth-order valence-corrected chi connectivity index (χ4v) is 2.08. The third-order valence-electron chi connectivity index (χ3n) is 2.99. The minimum atomic E-state index is -0.772. The zero-order valence-electron chi connectivity index (χ0n) is 12.1. The molecule has 1 amide bonds. The Balaban J connectivity index is 2.01. The molecule has 0 aliphatic carbocycles. The number of carbonyl (C=O) groups excluding carboxylic acids is 2. The van der Waals surface area contributed by atoms with Gasteiger partial charge in [0.25, 0.3) is 0 Å². The second kappa shape index (κ2) is 7.61. The monoisotopic (exact) mass is 317 g/mol. The van der Waals surface area contributed by atoms with Gasteiger partial charge in [-0.25, -0.2) is 4.79 Å². The molecule has 0 saturated heterocycles. The van der Waals surface area contributed by atoms with E-state index in [4.69, 9.17) is 16.3 Å². The van der Waals surface area contributed by atoms with Crippen LogP contribution in [0, 0.1) is 0 Å². The van der Waals surface area contributed by atoms with Crippen LogP contribution in [0.1, 0.15) is 28.2 Å². The highest BCUT2D eigenvalue weighted by Crippen LogP contribution is 2.22. The number of hydrogen-bond donors (Lipinski definition) is 1. The first kappa shape index (κ1) is 16.0. The van der Waals surface area contributed by atoms with E-state index >= 15 is 0 Å². The summed E-state index contributed by atoms with van der Waals surface area (Å²) in [6.45, 7) is 2.07. The first-order valence-electron chi connectivity index (χ1n) is 6.89. The van der Waals surface area contributed by atoms with Crippen molar-refractivity contribution < 1.29 is 14.3 Å². The molecule has 0 aliphatic rings. The van der Waals surface area contributed by atoms with Crippen LogP contribution in [0.4, 0.5) is 5.69 Å². The number of benzene rings is 2. The molecule has 0 unspecified atom stereocenters. The Kier molecular flexibility index (Phi) is 5.55. The molecule has 0 saturated carbocycles. The Morgan fingerprint density at radius 3 is 2.32 bits per heavy atom. The molecule has 0 fully saturated rings. The molecule has 2 aromatic rings. The smallest absolute Gasteiger partial charge is 0.338 e. The highest BCUT2D eigenvalue weighted by molar-refractivity contribution is 6.32. The van der Waals surface area contributed by atoms with Crippen molar-refractivity contribution in [2.24, 2.45) is 0 Å². The zero-order chi connectivity index (χ0) is 15.9. The van der Waals surface area contributed by atoms with E-state index in [-0.39, 0.29) is 11.9 Å². The fourth-order valence-electron chi connectivity index (χ4n) is 1.88. The molecule has 114 valence electrons. The normalized spacial score (nSPS) is 11.5. The van der Waals surface area contributed by atoms with E-state index in [0.29, 0.717) is 17.9 Å². The topological polar surface area (TPSA) is 55.4 Å². The summed E-state index contributed by atoms with van der Waals surface area (Å²) in [5.74, 6) is -0.711. The average molecular weight is 318 g/mol. The largest absolute Gasteiger partial charge is 0.462 e. The molecule has 5 heteroatoms. The standard InChI is InChI=1S/C17H16ClNO3/c1-2-22-17(21)13-8-10-14(11-9-13)19-16(20)15(18)12-6-4-3-5-7-12/h3-11,15H,2H2,1H3,(H,19,20)/t15-/m1/s1. The average Bonchev–Trinajstić information content (AvgIpc) is 2.55. The lowest BCUT2D eigenvalue weighted by Gasteiger charge is -2.11. The number of halogens is 1. The van der Waals surface area contributed by atoms with Crippen LogP contribution in [0.25, 0.3) is 0 Å². The highest BCUT2D eigenvalue weighted by Gasteiger charge is 2.17. The minimum absolute atomic E-state index is 0.322. The second-order valence-electron chi connectivity index (χ2n) is 4.56. The summed E-state index contributed by atoms with van der Waals surface area (Å²) in [4.78, 5) is 23.6. The number of anilines is 1. The van der Waals surface area contributed by atoms with Crippen molar-refractivity contribution in [2.45, 2.75) is 12.3 Å². The predicted molar refractivity (Wildman–Crippen MR) is 86.1 cm³/mol. The number of esters is 1. The first-order chi connectivity index (χ1) is 10.6. The molecular formula is C17H16ClNO3. The molecule has 0 aromatic heterocycles. The van der Waals surface area contributed by atoms with E-state index < -0.39 is 5.38 Å². The zero-order valence-corrected chi connectivity index (χ0v) is 12.8. The summed E-state index contributed by atoms with van der Waals surface area (Å²) in [5, 5.41) is 1.94. The summed E-state index contributed by atoms with van der Waals surface area (Å²) >= 11 is 6.14. The Morgan fingerprint density at radius 2 is 1.73 bits per heavy atom. The van der Waals surface area contributed by atoms with Crippen LogP contribution in [-0.2, 0) is 9.53 Å². The van der Waals surface area contributed by atoms with Gasteiger partial charge in [0.2, 0.25) is 5.91 Å². The molecule has 0 spiro atoms. The maximum absolute atomic E-state index is 12.1. The fraction of sp³-hybridized carbons (Fsp3) is 0.176. The van der Waals surface area contributed by atoms with Crippen LogP contribution >= 0.6 is 11.6 Å². The summed E-state index contributed by atoms with van der Waals surface area (Å²) in [6.07, 6.45) is 0. The summed E-state index contributed by atoms with van der Waals surface area (Å²) in [6, 6.07) is 15.6. The Labute approximate surface area is 134 Å². The van der Waals surface area contributed by atoms with Crippen molar-refractivity contribution in [3.05, 3.63) is 65.7 Å². The number of carbonyl (C=O) groups is 2. The molecule has 0 heterocycles. The molecule has 1 atom stereocenters. The lowest BCUT2D eigenvalue weighted by molar-refractivity contribution is -0.116. The van der Waals surface area contributed by atoms with Gasteiger partial charge in [0, 0.05) is 5.69 Å². The van der Waals surface area contributed by atoms with Gasteiger partial charge in [-0.2, -0.15) is 0 Å². The maximum atomic E-state index is 12.1. The van der Waals surface area contributed by atoms with Crippen LogP contribution in [-0.4, -0.2) is 18.5 Å². The van der Waals surface area contributed by atoms with Gasteiger partial charge in [-0.05, 0) is 36.8 Å². The number of nitrogens with one attached hydrogen (secondary N) is 1. The van der Waals surface area contributed by atoms with Crippen molar-refractivity contribution in [1.82, 2.24) is 0 Å². The number of rotatable bonds is 5. The molecule has 0 bridgehead atoms. The van der Waals surface area contributed by atoms with Crippen LogP contribution in [0.3, 0.4) is 0 Å². The molecule has 4 nitrogen and oxygen atoms in total. The van der Waals surface area contributed by atoms with Crippen molar-refractivity contribution in [3.8, 4) is 0 Å². The quantitative estimate of drug-likeness (QED) is 0.674. The molecule has 0 aliphatic heterocycles. The molecule has 22 heavy (non-hydrogen) atoms. The predicted octanol–water partition coefficient (Wildman–Crippen LogP) is 3.78. The number of hydrogen-bond acceptors (Lipinski definition) is 3. The van der Waals surface area contributed by atoms with Crippen LogP contribution in [0.5, 0.6) is 0 Å².